The number of rotatable bonds is 3. The summed E-state index contributed by atoms with van der Waals surface area (Å²) in [6.45, 7) is 1.77. The van der Waals surface area contributed by atoms with Crippen LogP contribution in [0.3, 0.4) is 0 Å². The van der Waals surface area contributed by atoms with Crippen LogP contribution in [-0.4, -0.2) is 23.0 Å². The maximum atomic E-state index is 11.5. The molecule has 4 heteroatoms. The molecule has 2 aliphatic rings. The molecular formula is C12H17NO3. The Kier molecular flexibility index (Phi) is 2.99. The van der Waals surface area contributed by atoms with E-state index in [-0.39, 0.29) is 23.8 Å². The van der Waals surface area contributed by atoms with Crippen LogP contribution >= 0.6 is 0 Å². The van der Waals surface area contributed by atoms with Gasteiger partial charge in [0.25, 0.3) is 0 Å². The first-order chi connectivity index (χ1) is 7.63. The number of hydrogen-bond acceptors (Lipinski definition) is 2. The topological polar surface area (TPSA) is 66.4 Å². The van der Waals surface area contributed by atoms with Gasteiger partial charge in [0.2, 0.25) is 5.91 Å². The Morgan fingerprint density at radius 2 is 2.00 bits per heavy atom. The lowest BCUT2D eigenvalue weighted by Crippen LogP contribution is -2.46. The van der Waals surface area contributed by atoms with Gasteiger partial charge in [-0.1, -0.05) is 6.08 Å². The van der Waals surface area contributed by atoms with Crippen molar-refractivity contribution in [2.45, 2.75) is 32.2 Å². The van der Waals surface area contributed by atoms with Crippen molar-refractivity contribution in [2.24, 2.45) is 17.8 Å². The molecule has 1 amide bonds. The first-order valence-electron chi connectivity index (χ1n) is 5.79. The molecule has 2 aliphatic carbocycles. The molecule has 16 heavy (non-hydrogen) atoms. The van der Waals surface area contributed by atoms with E-state index in [0.29, 0.717) is 5.92 Å². The van der Waals surface area contributed by atoms with E-state index < -0.39 is 5.97 Å². The van der Waals surface area contributed by atoms with Gasteiger partial charge in [-0.2, -0.15) is 0 Å². The summed E-state index contributed by atoms with van der Waals surface area (Å²) in [5, 5.41) is 12.0. The van der Waals surface area contributed by atoms with Crippen molar-refractivity contribution in [1.29, 1.82) is 0 Å². The van der Waals surface area contributed by atoms with E-state index in [0.717, 1.165) is 19.3 Å². The van der Waals surface area contributed by atoms with Gasteiger partial charge >= 0.3 is 5.97 Å². The highest BCUT2D eigenvalue weighted by Crippen LogP contribution is 2.48. The summed E-state index contributed by atoms with van der Waals surface area (Å²) in [5.41, 5.74) is 0. The van der Waals surface area contributed by atoms with Crippen LogP contribution < -0.4 is 5.32 Å². The van der Waals surface area contributed by atoms with E-state index >= 15 is 0 Å². The van der Waals surface area contributed by atoms with Crippen LogP contribution in [0.25, 0.3) is 0 Å². The zero-order chi connectivity index (χ0) is 11.7. The highest BCUT2D eigenvalue weighted by atomic mass is 16.4. The molecule has 0 spiro atoms. The normalized spacial score (nSPS) is 36.8. The number of carbonyl (C=O) groups excluding carboxylic acids is 1. The smallest absolute Gasteiger partial charge is 0.308 e. The van der Waals surface area contributed by atoms with Crippen molar-refractivity contribution < 1.29 is 14.7 Å². The predicted octanol–water partition coefficient (Wildman–Crippen LogP) is 1.18. The molecule has 0 aromatic rings. The summed E-state index contributed by atoms with van der Waals surface area (Å²) in [5.74, 6) is -0.698. The number of nitrogens with one attached hydrogen (secondary N) is 1. The molecule has 2 rings (SSSR count). The van der Waals surface area contributed by atoms with Gasteiger partial charge in [0.15, 0.2) is 0 Å². The number of amides is 1. The lowest BCUT2D eigenvalue weighted by Gasteiger charge is -2.28. The first kappa shape index (κ1) is 11.2. The second-order valence-corrected chi connectivity index (χ2v) is 4.73. The van der Waals surface area contributed by atoms with Gasteiger partial charge in [-0.3, -0.25) is 9.59 Å². The fraction of sp³-hybridized carbons (Fsp3) is 0.667. The summed E-state index contributed by atoms with van der Waals surface area (Å²) in [7, 11) is 0. The van der Waals surface area contributed by atoms with Gasteiger partial charge < -0.3 is 10.4 Å². The summed E-state index contributed by atoms with van der Waals surface area (Å²) in [4.78, 5) is 22.6. The van der Waals surface area contributed by atoms with Crippen molar-refractivity contribution >= 4 is 11.9 Å². The standard InChI is InChI=1S/C12H17NO3/c1-2-3-9(14)13-11-8-5-4-7(6-8)10(11)12(15)16/h2-3,7-8,10-11H,4-6H2,1H3,(H,13,14)(H,15,16). The van der Waals surface area contributed by atoms with E-state index in [9.17, 15) is 14.7 Å². The molecule has 2 N–H and O–H groups in total. The molecular weight excluding hydrogens is 206 g/mol. The van der Waals surface area contributed by atoms with Crippen LogP contribution in [0.4, 0.5) is 0 Å². The largest absolute Gasteiger partial charge is 0.481 e. The Morgan fingerprint density at radius 1 is 1.31 bits per heavy atom. The van der Waals surface area contributed by atoms with Crippen LogP contribution in [0.5, 0.6) is 0 Å². The van der Waals surface area contributed by atoms with Crippen LogP contribution in [0.1, 0.15) is 26.2 Å². The minimum absolute atomic E-state index is 0.167. The van der Waals surface area contributed by atoms with Crippen molar-refractivity contribution in [3.05, 3.63) is 12.2 Å². The molecule has 0 aromatic heterocycles. The molecule has 0 radical (unpaired) electrons. The quantitative estimate of drug-likeness (QED) is 0.706. The third kappa shape index (κ3) is 1.84. The van der Waals surface area contributed by atoms with Gasteiger partial charge in [-0.15, -0.1) is 0 Å². The van der Waals surface area contributed by atoms with Gasteiger partial charge in [-0.25, -0.2) is 0 Å². The number of carboxylic acids is 1. The fourth-order valence-corrected chi connectivity index (χ4v) is 3.22. The molecule has 0 heterocycles. The second-order valence-electron chi connectivity index (χ2n) is 4.73. The molecule has 4 atom stereocenters. The van der Waals surface area contributed by atoms with Gasteiger partial charge in [0.05, 0.1) is 5.92 Å². The van der Waals surface area contributed by atoms with E-state index in [4.69, 9.17) is 0 Å². The third-order valence-corrected chi connectivity index (χ3v) is 3.83. The molecule has 88 valence electrons. The van der Waals surface area contributed by atoms with Gasteiger partial charge in [0, 0.05) is 6.04 Å². The van der Waals surface area contributed by atoms with Crippen molar-refractivity contribution in [1.82, 2.24) is 5.32 Å². The molecule has 0 aliphatic heterocycles. The highest BCUT2D eigenvalue weighted by molar-refractivity contribution is 5.88. The zero-order valence-corrected chi connectivity index (χ0v) is 9.35. The van der Waals surface area contributed by atoms with Crippen LogP contribution in [0, 0.1) is 17.8 Å². The van der Waals surface area contributed by atoms with Crippen molar-refractivity contribution in [3.8, 4) is 0 Å². The van der Waals surface area contributed by atoms with Gasteiger partial charge in [0.1, 0.15) is 0 Å². The van der Waals surface area contributed by atoms with Crippen molar-refractivity contribution in [2.75, 3.05) is 0 Å². The maximum Gasteiger partial charge on any atom is 0.308 e. The van der Waals surface area contributed by atoms with Crippen LogP contribution in [0.15, 0.2) is 12.2 Å². The molecule has 2 fully saturated rings. The van der Waals surface area contributed by atoms with E-state index in [2.05, 4.69) is 5.32 Å². The monoisotopic (exact) mass is 223 g/mol. The number of allylic oxidation sites excluding steroid dienone is 1. The molecule has 4 nitrogen and oxygen atoms in total. The molecule has 0 aromatic carbocycles. The number of fused-ring (bicyclic) bond motifs is 2. The maximum absolute atomic E-state index is 11.5. The number of carbonyl (C=O) groups is 2. The Morgan fingerprint density at radius 3 is 2.62 bits per heavy atom. The summed E-state index contributed by atoms with van der Waals surface area (Å²) in [6, 6.07) is -0.167. The minimum atomic E-state index is -0.766. The van der Waals surface area contributed by atoms with Crippen LogP contribution in [-0.2, 0) is 9.59 Å². The molecule has 4 unspecified atom stereocenters. The zero-order valence-electron chi connectivity index (χ0n) is 9.35. The molecule has 2 bridgehead atoms. The minimum Gasteiger partial charge on any atom is -0.481 e. The Hall–Kier alpha value is -1.32. The number of aliphatic carboxylic acids is 1. The van der Waals surface area contributed by atoms with E-state index in [1.54, 1.807) is 13.0 Å². The average Bonchev–Trinajstić information content (AvgIpc) is 2.77. The number of hydrogen-bond donors (Lipinski definition) is 2. The van der Waals surface area contributed by atoms with Gasteiger partial charge in [-0.05, 0) is 44.1 Å². The molecule has 0 saturated heterocycles. The summed E-state index contributed by atoms with van der Waals surface area (Å²) < 4.78 is 0. The fourth-order valence-electron chi connectivity index (χ4n) is 3.22. The molecule has 2 saturated carbocycles. The third-order valence-electron chi connectivity index (χ3n) is 3.83. The lowest BCUT2D eigenvalue weighted by atomic mass is 9.84. The number of carboxylic acid groups (broad SMARTS) is 1. The second kappa shape index (κ2) is 4.28. The predicted molar refractivity (Wildman–Crippen MR) is 58.7 cm³/mol. The van der Waals surface area contributed by atoms with E-state index in [1.807, 2.05) is 0 Å². The van der Waals surface area contributed by atoms with Crippen molar-refractivity contribution in [3.63, 3.8) is 0 Å². The van der Waals surface area contributed by atoms with Crippen LogP contribution in [0.2, 0.25) is 0 Å². The summed E-state index contributed by atoms with van der Waals surface area (Å²) >= 11 is 0. The Bertz CT molecular complexity index is 337. The Balaban J connectivity index is 2.07. The SMILES string of the molecule is CC=CC(=O)NC1C2CCC(C2)C1C(=O)O. The lowest BCUT2D eigenvalue weighted by molar-refractivity contribution is -0.144. The first-order valence-corrected chi connectivity index (χ1v) is 5.79. The summed E-state index contributed by atoms with van der Waals surface area (Å²) in [6.07, 6.45) is 6.12. The Labute approximate surface area is 94.7 Å². The highest BCUT2D eigenvalue weighted by Gasteiger charge is 2.51. The van der Waals surface area contributed by atoms with E-state index in [1.165, 1.54) is 6.08 Å². The average molecular weight is 223 g/mol.